The van der Waals surface area contributed by atoms with Gasteiger partial charge >= 0.3 is 0 Å². The van der Waals surface area contributed by atoms with Gasteiger partial charge in [0.05, 0.1) is 0 Å². The number of aromatic nitrogens is 1. The van der Waals surface area contributed by atoms with Crippen molar-refractivity contribution in [2.45, 2.75) is 37.6 Å². The van der Waals surface area contributed by atoms with Crippen molar-refractivity contribution in [3.05, 3.63) is 18.3 Å². The molecule has 1 fully saturated rings. The average molecular weight is 311 g/mol. The van der Waals surface area contributed by atoms with Crippen LogP contribution in [0, 0.1) is 5.92 Å². The smallest absolute Gasteiger partial charge is 0.179 e. The first-order chi connectivity index (χ1) is 9.89. The van der Waals surface area contributed by atoms with E-state index in [1.54, 1.807) is 18.3 Å². The van der Waals surface area contributed by atoms with Crippen LogP contribution in [0.5, 0.6) is 0 Å². The Morgan fingerprint density at radius 1 is 1.48 bits per heavy atom. The van der Waals surface area contributed by atoms with Gasteiger partial charge in [-0.3, -0.25) is 0 Å². The van der Waals surface area contributed by atoms with E-state index < -0.39 is 9.84 Å². The summed E-state index contributed by atoms with van der Waals surface area (Å²) in [5, 5.41) is 3.47. The van der Waals surface area contributed by atoms with Crippen molar-refractivity contribution in [2.24, 2.45) is 5.92 Å². The number of anilines is 1. The van der Waals surface area contributed by atoms with E-state index in [4.69, 9.17) is 0 Å². The van der Waals surface area contributed by atoms with E-state index in [0.717, 1.165) is 32.5 Å². The van der Waals surface area contributed by atoms with Crippen molar-refractivity contribution in [3.8, 4) is 0 Å². The number of hydrogen-bond acceptors (Lipinski definition) is 5. The lowest BCUT2D eigenvalue weighted by atomic mass is 10.2. The minimum absolute atomic E-state index is 0.319. The van der Waals surface area contributed by atoms with E-state index in [1.165, 1.54) is 6.26 Å². The molecule has 1 aliphatic rings. The topological polar surface area (TPSA) is 62.3 Å². The molecular formula is C15H25N3O2S. The first-order valence-corrected chi connectivity index (χ1v) is 9.41. The van der Waals surface area contributed by atoms with Gasteiger partial charge in [0.15, 0.2) is 9.84 Å². The summed E-state index contributed by atoms with van der Waals surface area (Å²) < 4.78 is 23.9. The second-order valence-electron chi connectivity index (χ2n) is 6.14. The number of nitrogens with zero attached hydrogens (tertiary/aromatic N) is 2. The van der Waals surface area contributed by atoms with Crippen molar-refractivity contribution < 1.29 is 8.42 Å². The second kappa shape index (κ2) is 6.75. The summed E-state index contributed by atoms with van der Waals surface area (Å²) in [6.45, 7) is 7.08. The fourth-order valence-corrected chi connectivity index (χ4v) is 3.58. The van der Waals surface area contributed by atoms with Crippen LogP contribution in [0.1, 0.15) is 26.7 Å². The number of pyridine rings is 1. The highest BCUT2D eigenvalue weighted by atomic mass is 32.2. The van der Waals surface area contributed by atoms with Gasteiger partial charge in [-0.15, -0.1) is 0 Å². The third-order valence-electron chi connectivity index (χ3n) is 3.73. The van der Waals surface area contributed by atoms with E-state index >= 15 is 0 Å². The molecule has 0 aromatic carbocycles. The fraction of sp³-hybridized carbons (Fsp3) is 0.667. The Morgan fingerprint density at radius 2 is 2.24 bits per heavy atom. The SMILES string of the molecule is CC(C)CNCC1CCCN1c1ncccc1S(C)(=O)=O. The Hall–Kier alpha value is -1.14. The zero-order chi connectivity index (χ0) is 15.5. The van der Waals surface area contributed by atoms with Crippen molar-refractivity contribution in [1.82, 2.24) is 10.3 Å². The molecule has 1 N–H and O–H groups in total. The summed E-state index contributed by atoms with van der Waals surface area (Å²) >= 11 is 0. The monoisotopic (exact) mass is 311 g/mol. The maximum atomic E-state index is 11.9. The number of rotatable bonds is 6. The molecule has 5 nitrogen and oxygen atoms in total. The summed E-state index contributed by atoms with van der Waals surface area (Å²) in [6.07, 6.45) is 5.06. The molecular weight excluding hydrogens is 286 g/mol. The summed E-state index contributed by atoms with van der Waals surface area (Å²) in [7, 11) is -3.25. The molecule has 1 aliphatic heterocycles. The molecule has 1 atom stereocenters. The van der Waals surface area contributed by atoms with Crippen LogP contribution >= 0.6 is 0 Å². The minimum Gasteiger partial charge on any atom is -0.351 e. The standard InChI is InChI=1S/C15H25N3O2S/c1-12(2)10-16-11-13-6-5-9-18(13)15-14(21(3,19)20)7-4-8-17-15/h4,7-8,12-13,16H,5-6,9-11H2,1-3H3. The third kappa shape index (κ3) is 4.17. The zero-order valence-electron chi connectivity index (χ0n) is 13.0. The molecule has 0 aliphatic carbocycles. The predicted molar refractivity (Wildman–Crippen MR) is 85.4 cm³/mol. The van der Waals surface area contributed by atoms with Crippen LogP contribution in [0.15, 0.2) is 23.2 Å². The number of nitrogens with one attached hydrogen (secondary N) is 1. The molecule has 1 unspecified atom stereocenters. The Kier molecular flexibility index (Phi) is 5.22. The summed E-state index contributed by atoms with van der Waals surface area (Å²) in [6, 6.07) is 3.65. The van der Waals surface area contributed by atoms with Gasteiger partial charge in [-0.05, 0) is 37.4 Å². The summed E-state index contributed by atoms with van der Waals surface area (Å²) in [5.41, 5.74) is 0. The quantitative estimate of drug-likeness (QED) is 0.866. The lowest BCUT2D eigenvalue weighted by Crippen LogP contribution is -2.40. The highest BCUT2D eigenvalue weighted by Gasteiger charge is 2.29. The summed E-state index contributed by atoms with van der Waals surface area (Å²) in [5.74, 6) is 1.22. The van der Waals surface area contributed by atoms with Crippen LogP contribution in [-0.4, -0.2) is 45.3 Å². The van der Waals surface area contributed by atoms with Gasteiger partial charge in [-0.2, -0.15) is 0 Å². The third-order valence-corrected chi connectivity index (χ3v) is 4.85. The molecule has 0 saturated carbocycles. The Balaban J connectivity index is 2.17. The van der Waals surface area contributed by atoms with Gasteiger partial charge in [-0.1, -0.05) is 13.8 Å². The van der Waals surface area contributed by atoms with E-state index in [-0.39, 0.29) is 0 Å². The Labute approximate surface area is 127 Å². The molecule has 118 valence electrons. The highest BCUT2D eigenvalue weighted by Crippen LogP contribution is 2.29. The maximum Gasteiger partial charge on any atom is 0.179 e. The van der Waals surface area contributed by atoms with Crippen LogP contribution in [0.4, 0.5) is 5.82 Å². The van der Waals surface area contributed by atoms with Gasteiger partial charge in [-0.25, -0.2) is 13.4 Å². The van der Waals surface area contributed by atoms with Gasteiger partial charge in [0.25, 0.3) is 0 Å². The minimum atomic E-state index is -3.25. The van der Waals surface area contributed by atoms with E-state index in [1.807, 2.05) is 0 Å². The van der Waals surface area contributed by atoms with Crippen LogP contribution in [0.2, 0.25) is 0 Å². The molecule has 21 heavy (non-hydrogen) atoms. The Bertz CT molecular complexity index is 572. The molecule has 0 bridgehead atoms. The molecule has 2 heterocycles. The molecule has 1 saturated heterocycles. The molecule has 0 spiro atoms. The lowest BCUT2D eigenvalue weighted by molar-refractivity contribution is 0.510. The van der Waals surface area contributed by atoms with Crippen molar-refractivity contribution in [2.75, 3.05) is 30.8 Å². The number of sulfone groups is 1. The van der Waals surface area contributed by atoms with Crippen molar-refractivity contribution >= 4 is 15.7 Å². The van der Waals surface area contributed by atoms with Crippen LogP contribution in [0.25, 0.3) is 0 Å². The fourth-order valence-electron chi connectivity index (χ4n) is 2.75. The highest BCUT2D eigenvalue weighted by molar-refractivity contribution is 7.90. The van der Waals surface area contributed by atoms with Crippen LogP contribution in [-0.2, 0) is 9.84 Å². The van der Waals surface area contributed by atoms with E-state index in [9.17, 15) is 8.42 Å². The maximum absolute atomic E-state index is 11.9. The summed E-state index contributed by atoms with van der Waals surface area (Å²) in [4.78, 5) is 6.82. The van der Waals surface area contributed by atoms with Gasteiger partial charge in [0, 0.05) is 31.6 Å². The molecule has 0 amide bonds. The Morgan fingerprint density at radius 3 is 2.90 bits per heavy atom. The van der Waals surface area contributed by atoms with Gasteiger partial charge < -0.3 is 10.2 Å². The first-order valence-electron chi connectivity index (χ1n) is 7.52. The first kappa shape index (κ1) is 16.2. The molecule has 2 rings (SSSR count). The van der Waals surface area contributed by atoms with E-state index in [0.29, 0.717) is 22.7 Å². The predicted octanol–water partition coefficient (Wildman–Crippen LogP) is 1.70. The van der Waals surface area contributed by atoms with Crippen molar-refractivity contribution in [1.29, 1.82) is 0 Å². The average Bonchev–Trinajstić information content (AvgIpc) is 2.85. The van der Waals surface area contributed by atoms with Crippen LogP contribution < -0.4 is 10.2 Å². The molecule has 0 radical (unpaired) electrons. The van der Waals surface area contributed by atoms with Gasteiger partial charge in [0.2, 0.25) is 0 Å². The van der Waals surface area contributed by atoms with Gasteiger partial charge in [0.1, 0.15) is 10.7 Å². The lowest BCUT2D eigenvalue weighted by Gasteiger charge is -2.27. The molecule has 6 heteroatoms. The number of hydrogen-bond donors (Lipinski definition) is 1. The molecule has 1 aromatic rings. The van der Waals surface area contributed by atoms with Crippen molar-refractivity contribution in [3.63, 3.8) is 0 Å². The molecule has 1 aromatic heterocycles. The normalized spacial score (nSPS) is 19.4. The van der Waals surface area contributed by atoms with Crippen LogP contribution in [0.3, 0.4) is 0 Å². The largest absolute Gasteiger partial charge is 0.351 e. The van der Waals surface area contributed by atoms with E-state index in [2.05, 4.69) is 29.0 Å². The second-order valence-corrected chi connectivity index (χ2v) is 8.12. The zero-order valence-corrected chi connectivity index (χ0v) is 13.9.